The van der Waals surface area contributed by atoms with E-state index in [1.165, 1.54) is 0 Å². The molecular weight excluding hydrogens is 356 g/mol. The first kappa shape index (κ1) is 28.5. The highest BCUT2D eigenvalue weighted by atomic mass is 35.5. The molecule has 0 bridgehead atoms. The van der Waals surface area contributed by atoms with Gasteiger partial charge in [-0.05, 0) is 25.4 Å². The minimum atomic E-state index is -0.463. The first-order chi connectivity index (χ1) is 11.7. The van der Waals surface area contributed by atoms with E-state index in [4.69, 9.17) is 36.4 Å². The molecule has 0 radical (unpaired) electrons. The zero-order chi connectivity index (χ0) is 20.1. The zero-order valence-corrected chi connectivity index (χ0v) is 15.6. The topological polar surface area (TPSA) is 123 Å². The van der Waals surface area contributed by atoms with Crippen LogP contribution in [0.2, 0.25) is 0 Å². The van der Waals surface area contributed by atoms with Gasteiger partial charge in [-0.2, -0.15) is 0 Å². The fraction of sp³-hybridized carbons (Fsp3) is 0.625. The van der Waals surface area contributed by atoms with Gasteiger partial charge in [-0.15, -0.1) is 0 Å². The normalized spacial score (nSPS) is 9.04. The molecule has 0 aliphatic carbocycles. The lowest BCUT2D eigenvalue weighted by molar-refractivity contribution is -0.140. The van der Waals surface area contributed by atoms with Crippen LogP contribution in [0.1, 0.15) is 13.8 Å². The number of aliphatic hydroxyl groups is 3. The second-order valence-electron chi connectivity index (χ2n) is 4.37. The summed E-state index contributed by atoms with van der Waals surface area (Å²) < 4.78 is 14.2. The summed E-state index contributed by atoms with van der Waals surface area (Å²) >= 11 is 4.87. The van der Waals surface area contributed by atoms with Gasteiger partial charge in [0.1, 0.15) is 6.61 Å². The lowest BCUT2D eigenvalue weighted by Crippen LogP contribution is -2.12. The van der Waals surface area contributed by atoms with Crippen LogP contribution in [0.3, 0.4) is 0 Å². The smallest absolute Gasteiger partial charge is 0.333 e. The quantitative estimate of drug-likeness (QED) is 0.203. The maximum absolute atomic E-state index is 10.7. The molecule has 0 aliphatic rings. The van der Waals surface area contributed by atoms with Gasteiger partial charge >= 0.3 is 5.97 Å². The van der Waals surface area contributed by atoms with Gasteiger partial charge in [0.2, 0.25) is 5.24 Å². The van der Waals surface area contributed by atoms with Crippen molar-refractivity contribution in [3.63, 3.8) is 0 Å². The van der Waals surface area contributed by atoms with Gasteiger partial charge in [-0.25, -0.2) is 4.79 Å². The Balaban J connectivity index is -0.000000317. The molecule has 148 valence electrons. The number of halogens is 1. The summed E-state index contributed by atoms with van der Waals surface area (Å²) in [6, 6.07) is 0. The van der Waals surface area contributed by atoms with Crippen molar-refractivity contribution in [3.8, 4) is 0 Å². The highest BCUT2D eigenvalue weighted by molar-refractivity contribution is 6.67. The van der Waals surface area contributed by atoms with Crippen molar-refractivity contribution in [2.75, 3.05) is 52.9 Å². The van der Waals surface area contributed by atoms with Gasteiger partial charge in [-0.1, -0.05) is 13.2 Å². The lowest BCUT2D eigenvalue weighted by atomic mass is 10.4. The number of ether oxygens (including phenoxy) is 3. The first-order valence-corrected chi connectivity index (χ1v) is 7.78. The summed E-state index contributed by atoms with van der Waals surface area (Å²) in [5.41, 5.74) is 0.758. The summed E-state index contributed by atoms with van der Waals surface area (Å²) in [7, 11) is 0. The van der Waals surface area contributed by atoms with Crippen molar-refractivity contribution in [2.45, 2.75) is 13.8 Å². The Hall–Kier alpha value is -1.29. The number of rotatable bonds is 11. The molecule has 0 rings (SSSR count). The summed E-state index contributed by atoms with van der Waals surface area (Å²) in [6.45, 7) is 11.3. The van der Waals surface area contributed by atoms with Gasteiger partial charge < -0.3 is 29.5 Å². The molecule has 0 aromatic carbocycles. The molecule has 0 saturated heterocycles. The number of carbonyl (C=O) groups is 2. The van der Waals surface area contributed by atoms with Crippen LogP contribution in [0.4, 0.5) is 0 Å². The van der Waals surface area contributed by atoms with E-state index >= 15 is 0 Å². The zero-order valence-electron chi connectivity index (χ0n) is 14.8. The molecule has 0 heterocycles. The van der Waals surface area contributed by atoms with Crippen molar-refractivity contribution in [2.24, 2.45) is 0 Å². The molecule has 0 aromatic rings. The average Bonchev–Trinajstić information content (AvgIpc) is 2.56. The standard InChI is InChI=1S/C8H14O4.C4H5ClO.C4H10O3/c1-7(2)8(10)12-6-5-11-4-3-9;1-3(2)4(5)6;5-1-3-7-4-2-6/h9H,1,3-6H2,2H3;1H2,2H3;5-6H,1-4H2. The largest absolute Gasteiger partial charge is 0.460 e. The highest BCUT2D eigenvalue weighted by Crippen LogP contribution is 1.91. The molecule has 0 spiro atoms. The number of hydrogen-bond acceptors (Lipinski definition) is 8. The van der Waals surface area contributed by atoms with Gasteiger partial charge in [0.25, 0.3) is 0 Å². The van der Waals surface area contributed by atoms with Crippen molar-refractivity contribution >= 4 is 22.8 Å². The van der Waals surface area contributed by atoms with Crippen LogP contribution in [-0.4, -0.2) is 79.4 Å². The number of esters is 1. The van der Waals surface area contributed by atoms with Gasteiger partial charge in [0, 0.05) is 11.1 Å². The Kier molecular flexibility index (Phi) is 25.9. The maximum atomic E-state index is 10.7. The molecule has 0 aliphatic heterocycles. The molecule has 3 N–H and O–H groups in total. The monoisotopic (exact) mass is 384 g/mol. The Morgan fingerprint density at radius 2 is 1.16 bits per heavy atom. The third-order valence-corrected chi connectivity index (χ3v) is 2.17. The SMILES string of the molecule is C=C(C)C(=O)Cl.C=C(C)C(=O)OCCOCCO.OCCOCCO. The van der Waals surface area contributed by atoms with Gasteiger partial charge in [0.05, 0.1) is 46.2 Å². The predicted octanol–water partition coefficient (Wildman–Crippen LogP) is 0.430. The van der Waals surface area contributed by atoms with Gasteiger partial charge in [-0.3, -0.25) is 4.79 Å². The van der Waals surface area contributed by atoms with E-state index in [9.17, 15) is 9.59 Å². The second-order valence-corrected chi connectivity index (χ2v) is 4.71. The Bertz CT molecular complexity index is 355. The van der Waals surface area contributed by atoms with E-state index in [2.05, 4.69) is 17.9 Å². The van der Waals surface area contributed by atoms with Crippen LogP contribution >= 0.6 is 11.6 Å². The number of hydrogen-bond donors (Lipinski definition) is 3. The van der Waals surface area contributed by atoms with Crippen LogP contribution in [0.5, 0.6) is 0 Å². The van der Waals surface area contributed by atoms with Crippen molar-refractivity contribution < 1.29 is 39.1 Å². The fourth-order valence-electron chi connectivity index (χ4n) is 0.714. The van der Waals surface area contributed by atoms with Crippen LogP contribution in [-0.2, 0) is 23.8 Å². The fourth-order valence-corrected chi connectivity index (χ4v) is 0.714. The predicted molar refractivity (Wildman–Crippen MR) is 94.3 cm³/mol. The van der Waals surface area contributed by atoms with Crippen LogP contribution in [0, 0.1) is 0 Å². The van der Waals surface area contributed by atoms with Crippen LogP contribution < -0.4 is 0 Å². The molecule has 0 amide bonds. The van der Waals surface area contributed by atoms with Crippen molar-refractivity contribution in [1.29, 1.82) is 0 Å². The summed E-state index contributed by atoms with van der Waals surface area (Å²) in [5.74, 6) is -0.414. The van der Waals surface area contributed by atoms with E-state index in [1.54, 1.807) is 13.8 Å². The molecule has 0 aromatic heterocycles. The minimum absolute atomic E-state index is 0.0194. The number of aliphatic hydroxyl groups excluding tert-OH is 3. The van der Waals surface area contributed by atoms with E-state index in [1.807, 2.05) is 0 Å². The highest BCUT2D eigenvalue weighted by Gasteiger charge is 2.01. The van der Waals surface area contributed by atoms with Crippen LogP contribution in [0.15, 0.2) is 24.3 Å². The first-order valence-electron chi connectivity index (χ1n) is 7.40. The third kappa shape index (κ3) is 31.1. The summed E-state index contributed by atoms with van der Waals surface area (Å²) in [6.07, 6.45) is 0. The molecule has 8 nitrogen and oxygen atoms in total. The molecule has 0 fully saturated rings. The summed E-state index contributed by atoms with van der Waals surface area (Å²) in [4.78, 5) is 20.6. The maximum Gasteiger partial charge on any atom is 0.333 e. The Morgan fingerprint density at radius 3 is 1.44 bits per heavy atom. The van der Waals surface area contributed by atoms with Crippen molar-refractivity contribution in [1.82, 2.24) is 0 Å². The van der Waals surface area contributed by atoms with Crippen molar-refractivity contribution in [3.05, 3.63) is 24.3 Å². The van der Waals surface area contributed by atoms with Crippen LogP contribution in [0.25, 0.3) is 0 Å². The lowest BCUT2D eigenvalue weighted by Gasteiger charge is -2.03. The molecular formula is C16H29ClO8. The molecule has 0 saturated carbocycles. The molecule has 0 unspecified atom stereocenters. The molecule has 9 heteroatoms. The number of carbonyl (C=O) groups excluding carboxylic acids is 2. The van der Waals surface area contributed by atoms with E-state index in [0.717, 1.165) is 0 Å². The van der Waals surface area contributed by atoms with E-state index in [0.29, 0.717) is 31.0 Å². The molecule has 25 heavy (non-hydrogen) atoms. The van der Waals surface area contributed by atoms with E-state index < -0.39 is 11.2 Å². The second kappa shape index (κ2) is 22.7. The Labute approximate surface area is 153 Å². The summed E-state index contributed by atoms with van der Waals surface area (Å²) in [5, 5.41) is 24.0. The Morgan fingerprint density at radius 1 is 0.800 bits per heavy atom. The third-order valence-electron chi connectivity index (χ3n) is 1.85. The minimum Gasteiger partial charge on any atom is -0.460 e. The average molecular weight is 385 g/mol. The van der Waals surface area contributed by atoms with Gasteiger partial charge in [0.15, 0.2) is 0 Å². The number of allylic oxidation sites excluding steroid dienone is 1. The molecule has 0 atom stereocenters. The van der Waals surface area contributed by atoms with E-state index in [-0.39, 0.29) is 33.0 Å².